The van der Waals surface area contributed by atoms with E-state index >= 15 is 0 Å². The van der Waals surface area contributed by atoms with Crippen molar-refractivity contribution in [2.24, 2.45) is 0 Å². The molecule has 1 fully saturated rings. The highest BCUT2D eigenvalue weighted by Crippen LogP contribution is 2.30. The second-order valence-electron chi connectivity index (χ2n) is 6.85. The number of aromatic nitrogens is 4. The summed E-state index contributed by atoms with van der Waals surface area (Å²) in [5.74, 6) is 0. The number of hydrogen-bond donors (Lipinski definition) is 1. The minimum atomic E-state index is 0.829. The maximum absolute atomic E-state index is 5.41. The van der Waals surface area contributed by atoms with Crippen LogP contribution < -0.4 is 0 Å². The minimum Gasteiger partial charge on any atom is -0.379 e. The van der Waals surface area contributed by atoms with Crippen molar-refractivity contribution in [3.05, 3.63) is 60.4 Å². The van der Waals surface area contributed by atoms with Crippen LogP contribution in [0, 0.1) is 0 Å². The molecule has 1 N–H and O–H groups in total. The Kier molecular flexibility index (Phi) is 4.22. The van der Waals surface area contributed by atoms with Crippen LogP contribution in [0.4, 0.5) is 0 Å². The first-order chi connectivity index (χ1) is 13.4. The highest BCUT2D eigenvalue weighted by Gasteiger charge is 2.13. The molecule has 0 atom stereocenters. The predicted molar refractivity (Wildman–Crippen MR) is 105 cm³/mol. The smallest absolute Gasteiger partial charge is 0.137 e. The molecule has 4 heterocycles. The Hall–Kier alpha value is -2.92. The fraction of sp³-hybridized carbons (Fsp3) is 0.286. The van der Waals surface area contributed by atoms with Gasteiger partial charge >= 0.3 is 0 Å². The minimum absolute atomic E-state index is 0.829. The molecule has 1 aliphatic heterocycles. The van der Waals surface area contributed by atoms with Crippen LogP contribution in [0.15, 0.2) is 54.8 Å². The van der Waals surface area contributed by atoms with Crippen LogP contribution in [-0.4, -0.2) is 57.5 Å². The van der Waals surface area contributed by atoms with Crippen LogP contribution in [0.25, 0.3) is 27.7 Å². The van der Waals surface area contributed by atoms with E-state index in [1.165, 1.54) is 0 Å². The quantitative estimate of drug-likeness (QED) is 0.712. The summed E-state index contributed by atoms with van der Waals surface area (Å²) in [6.45, 7) is 5.55. The molecule has 0 aromatic carbocycles. The van der Waals surface area contributed by atoms with Crippen molar-refractivity contribution < 1.29 is 4.74 Å². The van der Waals surface area contributed by atoms with Crippen molar-refractivity contribution in [3.63, 3.8) is 0 Å². The van der Waals surface area contributed by atoms with Gasteiger partial charge in [0.2, 0.25) is 0 Å². The molecular formula is C21H21N5O. The largest absolute Gasteiger partial charge is 0.379 e. The van der Waals surface area contributed by atoms with E-state index in [4.69, 9.17) is 4.74 Å². The van der Waals surface area contributed by atoms with Gasteiger partial charge in [0.25, 0.3) is 0 Å². The van der Waals surface area contributed by atoms with Crippen LogP contribution in [0.3, 0.4) is 0 Å². The summed E-state index contributed by atoms with van der Waals surface area (Å²) in [6, 6.07) is 2.17. The molecule has 0 unspecified atom stereocenters. The summed E-state index contributed by atoms with van der Waals surface area (Å²) in [7, 11) is 0. The number of aromatic amines is 1. The molecule has 3 aromatic rings. The molecule has 136 valence electrons. The Bertz CT molecular complexity index is 1060. The van der Waals surface area contributed by atoms with Crippen LogP contribution in [0.2, 0.25) is 0 Å². The monoisotopic (exact) mass is 359 g/mol. The van der Waals surface area contributed by atoms with Gasteiger partial charge in [0.1, 0.15) is 5.65 Å². The Morgan fingerprint density at radius 2 is 2.07 bits per heavy atom. The number of nitrogens with one attached hydrogen (secondary N) is 1. The normalized spacial score (nSPS) is 17.1. The third kappa shape index (κ3) is 3.26. The first kappa shape index (κ1) is 16.3. The maximum atomic E-state index is 5.41. The predicted octanol–water partition coefficient (Wildman–Crippen LogP) is 2.87. The molecular weight excluding hydrogens is 338 g/mol. The van der Waals surface area contributed by atoms with Gasteiger partial charge in [-0.25, -0.2) is 4.98 Å². The molecule has 0 saturated carbocycles. The van der Waals surface area contributed by atoms with E-state index in [-0.39, 0.29) is 0 Å². The third-order valence-electron chi connectivity index (χ3n) is 5.13. The molecule has 27 heavy (non-hydrogen) atoms. The van der Waals surface area contributed by atoms with E-state index in [0.29, 0.717) is 0 Å². The lowest BCUT2D eigenvalue weighted by atomic mass is 10.1. The summed E-state index contributed by atoms with van der Waals surface area (Å²) in [5.41, 5.74) is 8.51. The average molecular weight is 359 g/mol. The number of allylic oxidation sites excluding steroid dienone is 3. The molecule has 6 heteroatoms. The van der Waals surface area contributed by atoms with E-state index in [9.17, 15) is 0 Å². The molecule has 0 spiro atoms. The van der Waals surface area contributed by atoms with Crippen LogP contribution >= 0.6 is 0 Å². The van der Waals surface area contributed by atoms with Gasteiger partial charge in [-0.2, -0.15) is 5.10 Å². The van der Waals surface area contributed by atoms with Crippen molar-refractivity contribution in [3.8, 4) is 11.1 Å². The van der Waals surface area contributed by atoms with Gasteiger partial charge < -0.3 is 9.72 Å². The first-order valence-corrected chi connectivity index (χ1v) is 9.31. The number of rotatable bonds is 5. The highest BCUT2D eigenvalue weighted by molar-refractivity contribution is 5.95. The molecule has 3 aromatic heterocycles. The average Bonchev–Trinajstić information content (AvgIpc) is 3.46. The van der Waals surface area contributed by atoms with E-state index in [1.807, 2.05) is 35.4 Å². The van der Waals surface area contributed by atoms with Gasteiger partial charge in [0.15, 0.2) is 0 Å². The SMILES string of the molecule is C1=CC=CC=1c1cnc2[nH]cc(-c3cnn(CCN4CCOCC4)c3)c2c1. The lowest BCUT2D eigenvalue weighted by Crippen LogP contribution is -2.38. The van der Waals surface area contributed by atoms with Gasteiger partial charge in [-0.15, -0.1) is 5.73 Å². The Morgan fingerprint density at radius 3 is 2.93 bits per heavy atom. The zero-order chi connectivity index (χ0) is 18.1. The molecule has 0 radical (unpaired) electrons. The molecule has 2 aliphatic rings. The second-order valence-corrected chi connectivity index (χ2v) is 6.85. The molecule has 1 saturated heterocycles. The third-order valence-corrected chi connectivity index (χ3v) is 5.13. The van der Waals surface area contributed by atoms with Crippen LogP contribution in [0.1, 0.15) is 5.56 Å². The van der Waals surface area contributed by atoms with Gasteiger partial charge in [-0.3, -0.25) is 9.58 Å². The van der Waals surface area contributed by atoms with Crippen molar-refractivity contribution in [1.82, 2.24) is 24.6 Å². The molecule has 0 amide bonds. The molecule has 0 bridgehead atoms. The highest BCUT2D eigenvalue weighted by atomic mass is 16.5. The summed E-state index contributed by atoms with van der Waals surface area (Å²) < 4.78 is 7.43. The first-order valence-electron chi connectivity index (χ1n) is 9.31. The fourth-order valence-electron chi connectivity index (χ4n) is 3.59. The lowest BCUT2D eigenvalue weighted by Gasteiger charge is -2.26. The maximum Gasteiger partial charge on any atom is 0.137 e. The van der Waals surface area contributed by atoms with Crippen LogP contribution in [0.5, 0.6) is 0 Å². The zero-order valence-corrected chi connectivity index (χ0v) is 15.1. The molecule has 6 nitrogen and oxygen atoms in total. The van der Waals surface area contributed by atoms with Crippen molar-refractivity contribution in [2.45, 2.75) is 6.54 Å². The summed E-state index contributed by atoms with van der Waals surface area (Å²) in [5, 5.41) is 5.66. The van der Waals surface area contributed by atoms with Gasteiger partial charge in [0, 0.05) is 65.9 Å². The van der Waals surface area contributed by atoms with Crippen molar-refractivity contribution in [1.29, 1.82) is 0 Å². The van der Waals surface area contributed by atoms with E-state index in [0.717, 1.165) is 72.7 Å². The van der Waals surface area contributed by atoms with Crippen molar-refractivity contribution in [2.75, 3.05) is 32.8 Å². The Balaban J connectivity index is 1.38. The van der Waals surface area contributed by atoms with Gasteiger partial charge in [-0.1, -0.05) is 6.08 Å². The number of fused-ring (bicyclic) bond motifs is 1. The number of nitrogens with zero attached hydrogens (tertiary/aromatic N) is 4. The lowest BCUT2D eigenvalue weighted by molar-refractivity contribution is 0.0360. The number of ether oxygens (including phenoxy) is 1. The van der Waals surface area contributed by atoms with E-state index in [1.54, 1.807) is 0 Å². The zero-order valence-electron chi connectivity index (χ0n) is 15.1. The van der Waals surface area contributed by atoms with Crippen LogP contribution in [-0.2, 0) is 11.3 Å². The number of morpholine rings is 1. The summed E-state index contributed by atoms with van der Waals surface area (Å²) in [6.07, 6.45) is 13.9. The number of H-pyrrole nitrogens is 1. The summed E-state index contributed by atoms with van der Waals surface area (Å²) in [4.78, 5) is 10.3. The van der Waals surface area contributed by atoms with Crippen molar-refractivity contribution >= 4 is 16.6 Å². The van der Waals surface area contributed by atoms with E-state index < -0.39 is 0 Å². The topological polar surface area (TPSA) is 59.0 Å². The fourth-order valence-corrected chi connectivity index (χ4v) is 3.59. The standard InChI is InChI=1S/C21H21N5O/c1-2-4-16(3-1)17-11-19-20(14-23-21(19)22-12-17)18-13-24-26(15-18)6-5-25-7-9-27-10-8-25/h1-3,11-15H,5-10H2,(H,22,23). The number of pyridine rings is 1. The summed E-state index contributed by atoms with van der Waals surface area (Å²) >= 11 is 0. The Morgan fingerprint density at radius 1 is 1.15 bits per heavy atom. The molecule has 1 aliphatic carbocycles. The second kappa shape index (κ2) is 7.00. The number of hydrogen-bond acceptors (Lipinski definition) is 4. The van der Waals surface area contributed by atoms with Gasteiger partial charge in [0.05, 0.1) is 26.0 Å². The Labute approximate surface area is 157 Å². The van der Waals surface area contributed by atoms with E-state index in [2.05, 4.69) is 44.0 Å². The van der Waals surface area contributed by atoms with Gasteiger partial charge in [-0.05, 0) is 18.2 Å². The molecule has 5 rings (SSSR count).